The molecule has 0 bridgehead atoms. The second-order valence-electron chi connectivity index (χ2n) is 7.51. The number of nitrogens with one attached hydrogen (secondary N) is 1. The average Bonchev–Trinajstić information content (AvgIpc) is 2.77. The predicted molar refractivity (Wildman–Crippen MR) is 115 cm³/mol. The fourth-order valence-electron chi connectivity index (χ4n) is 3.75. The summed E-state index contributed by atoms with van der Waals surface area (Å²) in [4.78, 5) is 13.0. The van der Waals surface area contributed by atoms with Gasteiger partial charge in [0, 0.05) is 13.1 Å². The first-order valence-corrected chi connectivity index (χ1v) is 11.9. The first-order valence-electron chi connectivity index (χ1n) is 10.4. The van der Waals surface area contributed by atoms with Crippen molar-refractivity contribution in [2.24, 2.45) is 0 Å². The third-order valence-electron chi connectivity index (χ3n) is 5.48. The highest BCUT2D eigenvalue weighted by Crippen LogP contribution is 2.26. The molecule has 1 aliphatic rings. The number of rotatable bonds is 8. The van der Waals surface area contributed by atoms with E-state index in [2.05, 4.69) is 17.4 Å². The molecule has 5 nitrogen and oxygen atoms in total. The van der Waals surface area contributed by atoms with Crippen LogP contribution in [0.4, 0.5) is 0 Å². The lowest BCUT2D eigenvalue weighted by Gasteiger charge is -2.33. The molecule has 0 aromatic heterocycles. The van der Waals surface area contributed by atoms with Gasteiger partial charge in [-0.1, -0.05) is 55.8 Å². The third kappa shape index (κ3) is 5.46. The van der Waals surface area contributed by atoms with Crippen molar-refractivity contribution in [3.63, 3.8) is 0 Å². The number of hydrogen-bond donors (Lipinski definition) is 1. The molecule has 1 aliphatic heterocycles. The van der Waals surface area contributed by atoms with Gasteiger partial charge in [-0.3, -0.25) is 4.79 Å². The molecule has 0 unspecified atom stereocenters. The minimum absolute atomic E-state index is 0.188. The van der Waals surface area contributed by atoms with Crippen LogP contribution in [0.1, 0.15) is 43.7 Å². The number of amides is 1. The summed E-state index contributed by atoms with van der Waals surface area (Å²) >= 11 is 0. The molecule has 29 heavy (non-hydrogen) atoms. The predicted octanol–water partition coefficient (Wildman–Crippen LogP) is 3.54. The molecular weight excluding hydrogens is 384 g/mol. The summed E-state index contributed by atoms with van der Waals surface area (Å²) < 4.78 is 27.7. The molecule has 0 spiro atoms. The molecule has 1 heterocycles. The van der Waals surface area contributed by atoms with Crippen LogP contribution in [0.2, 0.25) is 0 Å². The van der Waals surface area contributed by atoms with Crippen LogP contribution in [0, 0.1) is 0 Å². The van der Waals surface area contributed by atoms with E-state index in [1.165, 1.54) is 9.87 Å². The maximum absolute atomic E-state index is 13.2. The van der Waals surface area contributed by atoms with Crippen LogP contribution in [0.25, 0.3) is 0 Å². The first kappa shape index (κ1) is 21.5. The van der Waals surface area contributed by atoms with E-state index in [-0.39, 0.29) is 10.8 Å². The molecule has 2 aromatic rings. The molecule has 1 saturated heterocycles. The van der Waals surface area contributed by atoms with Crippen molar-refractivity contribution in [2.45, 2.75) is 56.4 Å². The SMILES string of the molecule is CCc1ccc(S(=O)(=O)N2CCCC[C@H]2C(=O)NCCCc2ccccc2)cc1. The Morgan fingerprint density at radius 2 is 1.76 bits per heavy atom. The highest BCUT2D eigenvalue weighted by atomic mass is 32.2. The van der Waals surface area contributed by atoms with Crippen molar-refractivity contribution in [2.75, 3.05) is 13.1 Å². The number of hydrogen-bond acceptors (Lipinski definition) is 3. The summed E-state index contributed by atoms with van der Waals surface area (Å²) in [6, 6.07) is 16.5. The molecular formula is C23H30N2O3S. The minimum atomic E-state index is -3.68. The summed E-state index contributed by atoms with van der Waals surface area (Å²) in [5, 5.41) is 2.95. The van der Waals surface area contributed by atoms with Gasteiger partial charge in [0.05, 0.1) is 4.90 Å². The molecule has 0 aliphatic carbocycles. The molecule has 1 fully saturated rings. The Morgan fingerprint density at radius 3 is 2.45 bits per heavy atom. The zero-order chi connectivity index (χ0) is 20.7. The largest absolute Gasteiger partial charge is 0.355 e. The van der Waals surface area contributed by atoms with Crippen molar-refractivity contribution < 1.29 is 13.2 Å². The lowest BCUT2D eigenvalue weighted by molar-refractivity contribution is -0.125. The van der Waals surface area contributed by atoms with Gasteiger partial charge in [0.25, 0.3) is 0 Å². The topological polar surface area (TPSA) is 66.5 Å². The Labute approximate surface area is 174 Å². The number of nitrogens with zero attached hydrogens (tertiary/aromatic N) is 1. The lowest BCUT2D eigenvalue weighted by Crippen LogP contribution is -2.51. The Balaban J connectivity index is 1.62. The number of benzene rings is 2. The van der Waals surface area contributed by atoms with Gasteiger partial charge in [0.1, 0.15) is 6.04 Å². The van der Waals surface area contributed by atoms with Crippen LogP contribution in [0.5, 0.6) is 0 Å². The van der Waals surface area contributed by atoms with Crippen LogP contribution in [-0.4, -0.2) is 37.8 Å². The second-order valence-corrected chi connectivity index (χ2v) is 9.40. The van der Waals surface area contributed by atoms with Crippen molar-refractivity contribution >= 4 is 15.9 Å². The minimum Gasteiger partial charge on any atom is -0.355 e. The summed E-state index contributed by atoms with van der Waals surface area (Å²) in [6.07, 6.45) is 4.78. The van der Waals surface area contributed by atoms with E-state index in [4.69, 9.17) is 0 Å². The smallest absolute Gasteiger partial charge is 0.243 e. The first-order chi connectivity index (χ1) is 14.0. The van der Waals surface area contributed by atoms with Crippen molar-refractivity contribution in [1.82, 2.24) is 9.62 Å². The van der Waals surface area contributed by atoms with Gasteiger partial charge >= 0.3 is 0 Å². The maximum atomic E-state index is 13.2. The molecule has 6 heteroatoms. The van der Waals surface area contributed by atoms with Gasteiger partial charge in [-0.05, 0) is 55.4 Å². The van der Waals surface area contributed by atoms with Crippen LogP contribution in [0.3, 0.4) is 0 Å². The van der Waals surface area contributed by atoms with Crippen LogP contribution < -0.4 is 5.32 Å². The highest BCUT2D eigenvalue weighted by Gasteiger charge is 2.37. The van der Waals surface area contributed by atoms with Crippen LogP contribution in [0.15, 0.2) is 59.5 Å². The van der Waals surface area contributed by atoms with Gasteiger partial charge in [-0.15, -0.1) is 0 Å². The quantitative estimate of drug-likeness (QED) is 0.672. The van der Waals surface area contributed by atoms with E-state index in [9.17, 15) is 13.2 Å². The van der Waals surface area contributed by atoms with Gasteiger partial charge < -0.3 is 5.32 Å². The fourth-order valence-corrected chi connectivity index (χ4v) is 5.41. The Bertz CT molecular complexity index is 895. The molecule has 1 N–H and O–H groups in total. The molecule has 0 saturated carbocycles. The summed E-state index contributed by atoms with van der Waals surface area (Å²) in [7, 11) is -3.68. The fraction of sp³-hybridized carbons (Fsp3) is 0.435. The molecule has 0 radical (unpaired) electrons. The van der Waals surface area contributed by atoms with E-state index >= 15 is 0 Å². The highest BCUT2D eigenvalue weighted by molar-refractivity contribution is 7.89. The monoisotopic (exact) mass is 414 g/mol. The zero-order valence-corrected chi connectivity index (χ0v) is 17.8. The standard InChI is InChI=1S/C23H30N2O3S/c1-2-19-13-15-21(16-14-19)29(27,28)25-18-7-6-12-22(25)23(26)24-17-8-11-20-9-4-3-5-10-20/h3-5,9-10,13-16,22H,2,6-8,11-12,17-18H2,1H3,(H,24,26)/t22-/m0/s1. The maximum Gasteiger partial charge on any atom is 0.243 e. The van der Waals surface area contributed by atoms with Crippen LogP contribution >= 0.6 is 0 Å². The number of piperidine rings is 1. The molecule has 1 atom stereocenters. The molecule has 1 amide bonds. The normalized spacial score (nSPS) is 17.8. The molecule has 3 rings (SSSR count). The molecule has 156 valence electrons. The Kier molecular flexibility index (Phi) is 7.45. The number of carbonyl (C=O) groups excluding carboxylic acids is 1. The van der Waals surface area contributed by atoms with Crippen LogP contribution in [-0.2, 0) is 27.7 Å². The summed E-state index contributed by atoms with van der Waals surface area (Å²) in [6.45, 7) is 2.97. The zero-order valence-electron chi connectivity index (χ0n) is 17.0. The van der Waals surface area contributed by atoms with E-state index < -0.39 is 16.1 Å². The van der Waals surface area contributed by atoms with E-state index in [0.717, 1.165) is 37.7 Å². The number of sulfonamides is 1. The lowest BCUT2D eigenvalue weighted by atomic mass is 10.0. The van der Waals surface area contributed by atoms with Gasteiger partial charge in [-0.2, -0.15) is 4.31 Å². The molecule has 2 aromatic carbocycles. The Morgan fingerprint density at radius 1 is 1.03 bits per heavy atom. The van der Waals surface area contributed by atoms with Crippen molar-refractivity contribution in [3.05, 3.63) is 65.7 Å². The van der Waals surface area contributed by atoms with E-state index in [1.807, 2.05) is 37.3 Å². The van der Waals surface area contributed by atoms with Gasteiger partial charge in [-0.25, -0.2) is 8.42 Å². The van der Waals surface area contributed by atoms with Crippen molar-refractivity contribution in [1.29, 1.82) is 0 Å². The van der Waals surface area contributed by atoms with E-state index in [0.29, 0.717) is 19.5 Å². The summed E-state index contributed by atoms with van der Waals surface area (Å²) in [5.74, 6) is -0.188. The van der Waals surface area contributed by atoms with Gasteiger partial charge in [0.15, 0.2) is 0 Å². The Hall–Kier alpha value is -2.18. The second kappa shape index (κ2) is 10.0. The summed E-state index contributed by atoms with van der Waals surface area (Å²) in [5.41, 5.74) is 2.33. The number of aryl methyl sites for hydroxylation is 2. The van der Waals surface area contributed by atoms with Crippen molar-refractivity contribution in [3.8, 4) is 0 Å². The van der Waals surface area contributed by atoms with Gasteiger partial charge in [0.2, 0.25) is 15.9 Å². The third-order valence-corrected chi connectivity index (χ3v) is 7.40. The number of carbonyl (C=O) groups is 1. The van der Waals surface area contributed by atoms with E-state index in [1.54, 1.807) is 12.1 Å². The average molecular weight is 415 g/mol.